The molecule has 4 rings (SSSR count). The molecular formula is C25H39NO3. The van der Waals surface area contributed by atoms with Gasteiger partial charge in [-0.25, -0.2) is 0 Å². The van der Waals surface area contributed by atoms with Crippen molar-refractivity contribution < 1.29 is 14.3 Å². The molecule has 7 unspecified atom stereocenters. The molecule has 0 saturated heterocycles. The third-order valence-electron chi connectivity index (χ3n) is 9.16. The normalized spacial score (nSPS) is 42.6. The quantitative estimate of drug-likeness (QED) is 0.687. The van der Waals surface area contributed by atoms with Crippen LogP contribution in [0.25, 0.3) is 0 Å². The summed E-state index contributed by atoms with van der Waals surface area (Å²) in [6, 6.07) is -0.505. The summed E-state index contributed by atoms with van der Waals surface area (Å²) in [6.45, 7) is 8.96. The highest BCUT2D eigenvalue weighted by atomic mass is 16.5. The standard InChI is InChI=1S/C25H39NO3/c1-15(2)13-21(26)23(28)29-22-8-7-19-18-6-5-16-14-17(27)9-11-24(16,3)20(18)10-12-25(19,22)4/h14-15,18-22H,5-13,26H2,1-4H3. The first-order valence-electron chi connectivity index (χ1n) is 11.8. The van der Waals surface area contributed by atoms with Crippen LogP contribution in [0.2, 0.25) is 0 Å². The summed E-state index contributed by atoms with van der Waals surface area (Å²) in [6.07, 6.45) is 11.1. The van der Waals surface area contributed by atoms with E-state index in [-0.39, 0.29) is 22.9 Å². The highest BCUT2D eigenvalue weighted by molar-refractivity contribution is 5.91. The minimum Gasteiger partial charge on any atom is -0.461 e. The van der Waals surface area contributed by atoms with Crippen LogP contribution in [0.5, 0.6) is 0 Å². The fourth-order valence-corrected chi connectivity index (χ4v) is 7.54. The van der Waals surface area contributed by atoms with Gasteiger partial charge in [0.2, 0.25) is 0 Å². The van der Waals surface area contributed by atoms with Gasteiger partial charge in [0.05, 0.1) is 0 Å². The van der Waals surface area contributed by atoms with Gasteiger partial charge in [-0.2, -0.15) is 0 Å². The molecule has 3 fully saturated rings. The second-order valence-corrected chi connectivity index (χ2v) is 11.3. The summed E-state index contributed by atoms with van der Waals surface area (Å²) in [4.78, 5) is 24.6. The number of hydrogen-bond acceptors (Lipinski definition) is 4. The van der Waals surface area contributed by atoms with E-state index in [0.717, 1.165) is 32.1 Å². The van der Waals surface area contributed by atoms with Crippen LogP contribution in [-0.4, -0.2) is 23.9 Å². The number of nitrogens with two attached hydrogens (primary N) is 1. The number of rotatable bonds is 4. The van der Waals surface area contributed by atoms with Crippen molar-refractivity contribution in [2.45, 2.75) is 97.6 Å². The fraction of sp³-hybridized carbons (Fsp3) is 0.840. The zero-order chi connectivity index (χ0) is 21.0. The van der Waals surface area contributed by atoms with Gasteiger partial charge in [0.25, 0.3) is 0 Å². The number of carbonyl (C=O) groups is 2. The van der Waals surface area contributed by atoms with Crippen LogP contribution in [0, 0.1) is 34.5 Å². The molecule has 0 spiro atoms. The number of esters is 1. The van der Waals surface area contributed by atoms with E-state index in [1.165, 1.54) is 18.4 Å². The Morgan fingerprint density at radius 1 is 1.14 bits per heavy atom. The maximum absolute atomic E-state index is 12.6. The van der Waals surface area contributed by atoms with Crippen molar-refractivity contribution in [2.75, 3.05) is 0 Å². The SMILES string of the molecule is CC(C)CC(N)C(=O)OC1CCC2C3CCC4=CC(=O)CCC4(C)C3CCC12C. The lowest BCUT2D eigenvalue weighted by atomic mass is 9.47. The van der Waals surface area contributed by atoms with E-state index in [9.17, 15) is 9.59 Å². The van der Waals surface area contributed by atoms with Crippen molar-refractivity contribution in [3.05, 3.63) is 11.6 Å². The van der Waals surface area contributed by atoms with Crippen LogP contribution in [0.15, 0.2) is 11.6 Å². The van der Waals surface area contributed by atoms with Gasteiger partial charge < -0.3 is 10.5 Å². The van der Waals surface area contributed by atoms with Crippen LogP contribution < -0.4 is 5.73 Å². The fourth-order valence-electron chi connectivity index (χ4n) is 7.54. The highest BCUT2D eigenvalue weighted by Crippen LogP contribution is 2.65. The van der Waals surface area contributed by atoms with Crippen LogP contribution >= 0.6 is 0 Å². The summed E-state index contributed by atoms with van der Waals surface area (Å²) < 4.78 is 6.05. The van der Waals surface area contributed by atoms with Gasteiger partial charge in [-0.3, -0.25) is 9.59 Å². The topological polar surface area (TPSA) is 69.4 Å². The molecule has 0 radical (unpaired) electrons. The maximum Gasteiger partial charge on any atom is 0.323 e. The Labute approximate surface area is 176 Å². The lowest BCUT2D eigenvalue weighted by Gasteiger charge is -2.57. The molecule has 7 atom stereocenters. The second-order valence-electron chi connectivity index (χ2n) is 11.3. The third kappa shape index (κ3) is 3.49. The molecule has 0 aromatic heterocycles. The van der Waals surface area contributed by atoms with Gasteiger partial charge in [0.15, 0.2) is 5.78 Å². The average Bonchev–Trinajstić information content (AvgIpc) is 2.98. The molecule has 4 aliphatic rings. The first-order chi connectivity index (χ1) is 13.6. The Morgan fingerprint density at radius 2 is 1.90 bits per heavy atom. The average molecular weight is 402 g/mol. The Morgan fingerprint density at radius 3 is 2.62 bits per heavy atom. The number of carbonyl (C=O) groups excluding carboxylic acids is 2. The summed E-state index contributed by atoms with van der Waals surface area (Å²) in [7, 11) is 0. The number of fused-ring (bicyclic) bond motifs is 5. The smallest absolute Gasteiger partial charge is 0.323 e. The van der Waals surface area contributed by atoms with Crippen molar-refractivity contribution in [3.8, 4) is 0 Å². The first-order valence-corrected chi connectivity index (χ1v) is 11.8. The van der Waals surface area contributed by atoms with E-state index in [1.54, 1.807) is 0 Å². The zero-order valence-electron chi connectivity index (χ0n) is 18.7. The largest absolute Gasteiger partial charge is 0.461 e. The van der Waals surface area contributed by atoms with Crippen molar-refractivity contribution in [1.82, 2.24) is 0 Å². The molecule has 0 aliphatic heterocycles. The van der Waals surface area contributed by atoms with Gasteiger partial charge in [-0.05, 0) is 86.5 Å². The summed E-state index contributed by atoms with van der Waals surface area (Å²) in [5, 5.41) is 0. The maximum atomic E-state index is 12.6. The van der Waals surface area contributed by atoms with Crippen molar-refractivity contribution in [1.29, 1.82) is 0 Å². The summed E-state index contributed by atoms with van der Waals surface area (Å²) in [5.41, 5.74) is 7.80. The third-order valence-corrected chi connectivity index (χ3v) is 9.16. The van der Waals surface area contributed by atoms with Crippen LogP contribution in [0.4, 0.5) is 0 Å². The molecule has 0 bridgehead atoms. The predicted molar refractivity (Wildman–Crippen MR) is 114 cm³/mol. The molecule has 0 aromatic rings. The second kappa shape index (κ2) is 7.51. The zero-order valence-corrected chi connectivity index (χ0v) is 18.7. The van der Waals surface area contributed by atoms with Gasteiger partial charge >= 0.3 is 5.97 Å². The molecule has 4 heteroatoms. The Bertz CT molecular complexity index is 713. The predicted octanol–water partition coefficient (Wildman–Crippen LogP) is 4.80. The Hall–Kier alpha value is -1.16. The molecule has 4 nitrogen and oxygen atoms in total. The molecule has 0 aromatic carbocycles. The number of ether oxygens (including phenoxy) is 1. The van der Waals surface area contributed by atoms with Crippen LogP contribution in [-0.2, 0) is 14.3 Å². The van der Waals surface area contributed by atoms with E-state index < -0.39 is 6.04 Å². The van der Waals surface area contributed by atoms with Gasteiger partial charge in [0.1, 0.15) is 12.1 Å². The summed E-state index contributed by atoms with van der Waals surface area (Å²) >= 11 is 0. The van der Waals surface area contributed by atoms with Crippen molar-refractivity contribution >= 4 is 11.8 Å². The molecule has 2 N–H and O–H groups in total. The number of ketones is 1. The molecule has 0 amide bonds. The molecule has 4 aliphatic carbocycles. The molecule has 3 saturated carbocycles. The van der Waals surface area contributed by atoms with E-state index in [1.807, 2.05) is 6.08 Å². The first kappa shape index (κ1) is 21.1. The lowest BCUT2D eigenvalue weighted by molar-refractivity contribution is -0.161. The van der Waals surface area contributed by atoms with E-state index >= 15 is 0 Å². The molecule has 162 valence electrons. The molecular weight excluding hydrogens is 362 g/mol. The van der Waals surface area contributed by atoms with Crippen molar-refractivity contribution in [2.24, 2.45) is 40.2 Å². The molecule has 29 heavy (non-hydrogen) atoms. The molecule has 0 heterocycles. The van der Waals surface area contributed by atoms with Gasteiger partial charge in [0, 0.05) is 11.8 Å². The summed E-state index contributed by atoms with van der Waals surface area (Å²) in [5.74, 6) is 2.49. The Balaban J connectivity index is 1.50. The Kier molecular flexibility index (Phi) is 5.46. The van der Waals surface area contributed by atoms with E-state index in [2.05, 4.69) is 27.7 Å². The van der Waals surface area contributed by atoms with Crippen LogP contribution in [0.3, 0.4) is 0 Å². The van der Waals surface area contributed by atoms with Crippen LogP contribution in [0.1, 0.15) is 85.5 Å². The minimum atomic E-state index is -0.505. The van der Waals surface area contributed by atoms with Gasteiger partial charge in [-0.1, -0.05) is 33.3 Å². The number of hydrogen-bond donors (Lipinski definition) is 1. The number of allylic oxidation sites excluding steroid dienone is 1. The lowest BCUT2D eigenvalue weighted by Crippen LogP contribution is -2.52. The van der Waals surface area contributed by atoms with Gasteiger partial charge in [-0.15, -0.1) is 0 Å². The monoisotopic (exact) mass is 401 g/mol. The highest BCUT2D eigenvalue weighted by Gasteiger charge is 2.60. The minimum absolute atomic E-state index is 0.0110. The van der Waals surface area contributed by atoms with E-state index in [0.29, 0.717) is 42.3 Å². The van der Waals surface area contributed by atoms with E-state index in [4.69, 9.17) is 10.5 Å². The van der Waals surface area contributed by atoms with Crippen molar-refractivity contribution in [3.63, 3.8) is 0 Å².